The van der Waals surface area contributed by atoms with Crippen molar-refractivity contribution >= 4 is 0 Å². The van der Waals surface area contributed by atoms with Gasteiger partial charge in [0.1, 0.15) is 6.33 Å². The Morgan fingerprint density at radius 3 is 2.38 bits per heavy atom. The molecule has 1 saturated carbocycles. The van der Waals surface area contributed by atoms with Crippen LogP contribution in [-0.2, 0) is 5.60 Å². The van der Waals surface area contributed by atoms with Gasteiger partial charge in [-0.15, -0.1) is 0 Å². The molecular formula is C10H14N2O. The molecule has 1 aromatic heterocycles. The Morgan fingerprint density at radius 1 is 1.38 bits per heavy atom. The van der Waals surface area contributed by atoms with Crippen molar-refractivity contribution < 1.29 is 5.11 Å². The molecule has 0 amide bonds. The molecule has 70 valence electrons. The van der Waals surface area contributed by atoms with Gasteiger partial charge in [-0.2, -0.15) is 0 Å². The summed E-state index contributed by atoms with van der Waals surface area (Å²) in [6.45, 7) is 3.94. The van der Waals surface area contributed by atoms with Gasteiger partial charge in [-0.05, 0) is 19.8 Å². The van der Waals surface area contributed by atoms with Crippen molar-refractivity contribution in [2.75, 3.05) is 0 Å². The lowest BCUT2D eigenvalue weighted by Crippen LogP contribution is -2.31. The molecule has 1 aliphatic rings. The fourth-order valence-corrected chi connectivity index (χ4v) is 1.57. The Labute approximate surface area is 77.8 Å². The van der Waals surface area contributed by atoms with Crippen molar-refractivity contribution in [1.82, 2.24) is 9.97 Å². The number of hydrogen-bond donors (Lipinski definition) is 1. The number of aromatic nitrogens is 2. The van der Waals surface area contributed by atoms with Crippen LogP contribution in [0.25, 0.3) is 0 Å². The molecule has 1 heterocycles. The molecular weight excluding hydrogens is 164 g/mol. The van der Waals surface area contributed by atoms with Crippen LogP contribution in [0, 0.1) is 5.41 Å². The molecule has 3 nitrogen and oxygen atoms in total. The molecule has 1 aromatic rings. The minimum Gasteiger partial charge on any atom is -0.385 e. The lowest BCUT2D eigenvalue weighted by Gasteiger charge is -2.30. The second-order valence-electron chi connectivity index (χ2n) is 4.26. The average molecular weight is 178 g/mol. The maximum Gasteiger partial charge on any atom is 0.115 e. The molecule has 1 fully saturated rings. The third kappa shape index (κ3) is 1.23. The van der Waals surface area contributed by atoms with Gasteiger partial charge in [0.15, 0.2) is 0 Å². The van der Waals surface area contributed by atoms with E-state index in [2.05, 4.69) is 16.9 Å². The Kier molecular flexibility index (Phi) is 1.67. The summed E-state index contributed by atoms with van der Waals surface area (Å²) in [6.07, 6.45) is 7.02. The van der Waals surface area contributed by atoms with Gasteiger partial charge in [-0.3, -0.25) is 0 Å². The van der Waals surface area contributed by atoms with Crippen LogP contribution in [0.5, 0.6) is 0 Å². The van der Waals surface area contributed by atoms with E-state index in [0.29, 0.717) is 0 Å². The Morgan fingerprint density at radius 2 is 1.92 bits per heavy atom. The molecule has 1 atom stereocenters. The highest BCUT2D eigenvalue weighted by Gasteiger charge is 2.53. The van der Waals surface area contributed by atoms with E-state index in [9.17, 15) is 5.11 Å². The van der Waals surface area contributed by atoms with Crippen LogP contribution in [0.1, 0.15) is 32.3 Å². The summed E-state index contributed by atoms with van der Waals surface area (Å²) in [7, 11) is 0. The molecule has 13 heavy (non-hydrogen) atoms. The Hall–Kier alpha value is -0.960. The molecule has 2 rings (SSSR count). The maximum atomic E-state index is 10.3. The van der Waals surface area contributed by atoms with E-state index in [-0.39, 0.29) is 5.41 Å². The summed E-state index contributed by atoms with van der Waals surface area (Å²) in [5.74, 6) is 0. The van der Waals surface area contributed by atoms with E-state index in [0.717, 1.165) is 18.4 Å². The van der Waals surface area contributed by atoms with Gasteiger partial charge < -0.3 is 5.11 Å². The second-order valence-corrected chi connectivity index (χ2v) is 4.26. The molecule has 0 bridgehead atoms. The van der Waals surface area contributed by atoms with Gasteiger partial charge in [0.25, 0.3) is 0 Å². The molecule has 0 radical (unpaired) electrons. The van der Waals surface area contributed by atoms with E-state index >= 15 is 0 Å². The molecule has 0 aliphatic heterocycles. The first-order valence-electron chi connectivity index (χ1n) is 4.54. The molecule has 0 aromatic carbocycles. The summed E-state index contributed by atoms with van der Waals surface area (Å²) in [6, 6.07) is 0. The van der Waals surface area contributed by atoms with Crippen molar-refractivity contribution in [3.05, 3.63) is 24.3 Å². The van der Waals surface area contributed by atoms with Crippen LogP contribution in [0.4, 0.5) is 0 Å². The fourth-order valence-electron chi connectivity index (χ4n) is 1.57. The van der Waals surface area contributed by atoms with Crippen LogP contribution in [0.15, 0.2) is 18.7 Å². The van der Waals surface area contributed by atoms with E-state index < -0.39 is 5.60 Å². The van der Waals surface area contributed by atoms with Gasteiger partial charge in [-0.25, -0.2) is 9.97 Å². The first-order valence-corrected chi connectivity index (χ1v) is 4.54. The van der Waals surface area contributed by atoms with Crippen LogP contribution in [-0.4, -0.2) is 15.1 Å². The smallest absolute Gasteiger partial charge is 0.115 e. The largest absolute Gasteiger partial charge is 0.385 e. The highest BCUT2D eigenvalue weighted by Crippen LogP contribution is 2.57. The zero-order valence-electron chi connectivity index (χ0n) is 7.99. The van der Waals surface area contributed by atoms with Crippen molar-refractivity contribution in [2.24, 2.45) is 5.41 Å². The summed E-state index contributed by atoms with van der Waals surface area (Å²) >= 11 is 0. The van der Waals surface area contributed by atoms with Gasteiger partial charge >= 0.3 is 0 Å². The highest BCUT2D eigenvalue weighted by atomic mass is 16.3. The van der Waals surface area contributed by atoms with Crippen molar-refractivity contribution in [3.63, 3.8) is 0 Å². The SMILES string of the molecule is CC1(C(C)(O)c2cncnc2)CC1. The summed E-state index contributed by atoms with van der Waals surface area (Å²) < 4.78 is 0. The third-order valence-electron chi connectivity index (χ3n) is 3.30. The summed E-state index contributed by atoms with van der Waals surface area (Å²) in [5, 5.41) is 10.3. The standard InChI is InChI=1S/C10H14N2O/c1-9(3-4-9)10(2,13)8-5-11-7-12-6-8/h5-7,13H,3-4H2,1-2H3. The highest BCUT2D eigenvalue weighted by molar-refractivity contribution is 5.21. The van der Waals surface area contributed by atoms with E-state index in [1.165, 1.54) is 6.33 Å². The number of hydrogen-bond acceptors (Lipinski definition) is 3. The lowest BCUT2D eigenvalue weighted by molar-refractivity contribution is -0.0132. The van der Waals surface area contributed by atoms with Crippen LogP contribution >= 0.6 is 0 Å². The van der Waals surface area contributed by atoms with Crippen LogP contribution < -0.4 is 0 Å². The first kappa shape index (κ1) is 8.63. The second kappa shape index (κ2) is 2.51. The quantitative estimate of drug-likeness (QED) is 0.746. The minimum atomic E-state index is -0.783. The zero-order valence-corrected chi connectivity index (χ0v) is 7.99. The molecule has 3 heteroatoms. The topological polar surface area (TPSA) is 46.0 Å². The van der Waals surface area contributed by atoms with E-state index in [1.54, 1.807) is 12.4 Å². The van der Waals surface area contributed by atoms with Gasteiger partial charge in [0.2, 0.25) is 0 Å². The number of nitrogens with zero attached hydrogens (tertiary/aromatic N) is 2. The summed E-state index contributed by atoms with van der Waals surface area (Å²) in [5.41, 5.74) is 0.0569. The van der Waals surface area contributed by atoms with Crippen molar-refractivity contribution in [1.29, 1.82) is 0 Å². The normalized spacial score (nSPS) is 23.6. The molecule has 1 unspecified atom stereocenters. The lowest BCUT2D eigenvalue weighted by atomic mass is 9.83. The van der Waals surface area contributed by atoms with E-state index in [4.69, 9.17) is 0 Å². The molecule has 1 aliphatic carbocycles. The van der Waals surface area contributed by atoms with Crippen molar-refractivity contribution in [2.45, 2.75) is 32.3 Å². The summed E-state index contributed by atoms with van der Waals surface area (Å²) in [4.78, 5) is 7.84. The predicted molar refractivity (Wildman–Crippen MR) is 48.9 cm³/mol. The van der Waals surface area contributed by atoms with Gasteiger partial charge in [-0.1, -0.05) is 6.92 Å². The first-order chi connectivity index (χ1) is 6.06. The predicted octanol–water partition coefficient (Wildman–Crippen LogP) is 1.48. The third-order valence-corrected chi connectivity index (χ3v) is 3.30. The van der Waals surface area contributed by atoms with E-state index in [1.807, 2.05) is 6.92 Å². The Bertz CT molecular complexity index is 304. The van der Waals surface area contributed by atoms with Crippen LogP contribution in [0.3, 0.4) is 0 Å². The zero-order chi connectivity index (χ0) is 9.53. The maximum absolute atomic E-state index is 10.3. The molecule has 0 saturated heterocycles. The van der Waals surface area contributed by atoms with Gasteiger partial charge in [0.05, 0.1) is 5.60 Å². The number of aliphatic hydroxyl groups is 1. The Balaban J connectivity index is 2.35. The van der Waals surface area contributed by atoms with Crippen molar-refractivity contribution in [3.8, 4) is 0 Å². The monoisotopic (exact) mass is 178 g/mol. The minimum absolute atomic E-state index is 0.0255. The van der Waals surface area contributed by atoms with Gasteiger partial charge in [0, 0.05) is 23.4 Å². The average Bonchev–Trinajstić information content (AvgIpc) is 2.87. The van der Waals surface area contributed by atoms with Crippen LogP contribution in [0.2, 0.25) is 0 Å². The number of rotatable bonds is 2. The fraction of sp³-hybridized carbons (Fsp3) is 0.600. The molecule has 1 N–H and O–H groups in total. The molecule has 0 spiro atoms.